The highest BCUT2D eigenvalue weighted by Crippen LogP contribution is 2.50. The summed E-state index contributed by atoms with van der Waals surface area (Å²) in [5, 5.41) is 9.76. The van der Waals surface area contributed by atoms with Gasteiger partial charge in [0.15, 0.2) is 0 Å². The van der Waals surface area contributed by atoms with Crippen LogP contribution >= 0.6 is 11.3 Å². The summed E-state index contributed by atoms with van der Waals surface area (Å²) in [5.74, 6) is 0. The second-order valence-electron chi connectivity index (χ2n) is 15.2. The van der Waals surface area contributed by atoms with Crippen molar-refractivity contribution in [2.45, 2.75) is 0 Å². The summed E-state index contributed by atoms with van der Waals surface area (Å²) in [7, 11) is 0. The van der Waals surface area contributed by atoms with Crippen molar-refractivity contribution in [1.29, 1.82) is 0 Å². The van der Waals surface area contributed by atoms with E-state index in [4.69, 9.17) is 4.42 Å². The van der Waals surface area contributed by atoms with Crippen molar-refractivity contribution in [1.82, 2.24) is 0 Å². The molecule has 0 radical (unpaired) electrons. The molecule has 2 aromatic heterocycles. The molecule has 12 rings (SSSR count). The number of benzene rings is 10. The van der Waals surface area contributed by atoms with Crippen LogP contribution in [0.15, 0.2) is 217 Å². The van der Waals surface area contributed by atoms with Gasteiger partial charge in [-0.3, -0.25) is 0 Å². The molecular weight excluding hydrogens is 735 g/mol. The molecule has 0 aliphatic carbocycles. The molecule has 2 heterocycles. The molecule has 0 bridgehead atoms. The number of fused-ring (bicyclic) bond motifs is 9. The minimum Gasteiger partial charge on any atom is -0.455 e. The minimum atomic E-state index is 0.866. The van der Waals surface area contributed by atoms with Crippen LogP contribution in [0, 0.1) is 0 Å². The van der Waals surface area contributed by atoms with Crippen LogP contribution in [-0.2, 0) is 0 Å². The number of thiophene rings is 1. The molecule has 59 heavy (non-hydrogen) atoms. The van der Waals surface area contributed by atoms with Gasteiger partial charge in [-0.1, -0.05) is 158 Å². The summed E-state index contributed by atoms with van der Waals surface area (Å²) in [6.07, 6.45) is 0. The molecule has 0 spiro atoms. The summed E-state index contributed by atoms with van der Waals surface area (Å²) in [5.41, 5.74) is 11.9. The Hall–Kier alpha value is -7.46. The quantitative estimate of drug-likeness (QED) is 0.157. The van der Waals surface area contributed by atoms with Gasteiger partial charge in [-0.25, -0.2) is 0 Å². The fourth-order valence-corrected chi connectivity index (χ4v) is 10.2. The van der Waals surface area contributed by atoms with E-state index in [2.05, 4.69) is 217 Å². The minimum absolute atomic E-state index is 0.866. The molecular formula is C56H35NOS. The first-order chi connectivity index (χ1) is 29.2. The number of furan rings is 1. The van der Waals surface area contributed by atoms with Gasteiger partial charge in [0, 0.05) is 32.1 Å². The molecule has 0 N–H and O–H groups in total. The molecule has 0 amide bonds. The van der Waals surface area contributed by atoms with Crippen molar-refractivity contribution < 1.29 is 4.42 Å². The standard InChI is InChI=1S/C56H35NOS/c1-3-12-36(13-4-1)42-28-31-48-52(35-42)58-55-45(38-14-5-2-6-15-38)32-33-50(54(48)55)57(51-20-11-19-47-46-18-9-10-21-53(46)59-56(47)51)43-29-26-37(27-30-43)41-25-24-40-23-22-39-16-7-8-17-44(39)49(40)34-41/h1-35H. The Morgan fingerprint density at radius 3 is 1.83 bits per heavy atom. The lowest BCUT2D eigenvalue weighted by molar-refractivity contribution is 0.670. The van der Waals surface area contributed by atoms with Gasteiger partial charge in [0.05, 0.1) is 21.5 Å². The van der Waals surface area contributed by atoms with Crippen molar-refractivity contribution in [2.75, 3.05) is 4.90 Å². The van der Waals surface area contributed by atoms with Gasteiger partial charge in [-0.05, 0) is 104 Å². The lowest BCUT2D eigenvalue weighted by Crippen LogP contribution is -2.10. The largest absolute Gasteiger partial charge is 0.455 e. The van der Waals surface area contributed by atoms with Crippen LogP contribution in [0.3, 0.4) is 0 Å². The molecule has 2 nitrogen and oxygen atoms in total. The summed E-state index contributed by atoms with van der Waals surface area (Å²) in [4.78, 5) is 2.45. The highest BCUT2D eigenvalue weighted by atomic mass is 32.1. The van der Waals surface area contributed by atoms with Gasteiger partial charge in [0.25, 0.3) is 0 Å². The molecule has 0 fully saturated rings. The first-order valence-electron chi connectivity index (χ1n) is 20.1. The maximum atomic E-state index is 7.02. The Bertz CT molecular complexity index is 3550. The number of nitrogens with zero attached hydrogens (tertiary/aromatic N) is 1. The molecule has 10 aromatic carbocycles. The number of rotatable bonds is 6. The van der Waals surface area contributed by atoms with Crippen LogP contribution in [-0.4, -0.2) is 0 Å². The van der Waals surface area contributed by atoms with E-state index in [1.807, 2.05) is 11.3 Å². The van der Waals surface area contributed by atoms with Crippen LogP contribution < -0.4 is 4.90 Å². The monoisotopic (exact) mass is 769 g/mol. The van der Waals surface area contributed by atoms with E-state index in [1.165, 1.54) is 52.8 Å². The topological polar surface area (TPSA) is 16.4 Å². The maximum absolute atomic E-state index is 7.02. The van der Waals surface area contributed by atoms with Crippen molar-refractivity contribution in [3.8, 4) is 33.4 Å². The first kappa shape index (κ1) is 33.7. The first-order valence-corrected chi connectivity index (χ1v) is 20.9. The van der Waals surface area contributed by atoms with Crippen molar-refractivity contribution in [3.63, 3.8) is 0 Å². The SMILES string of the molecule is c1ccc(-c2ccc3c(c2)oc2c(-c4ccccc4)ccc(N(c4ccc(-c5ccc6ccc7ccccc7c6c5)cc4)c4cccc5c4sc4ccccc45)c23)cc1. The molecule has 0 atom stereocenters. The molecule has 276 valence electrons. The van der Waals surface area contributed by atoms with Gasteiger partial charge in [0.2, 0.25) is 0 Å². The smallest absolute Gasteiger partial charge is 0.145 e. The van der Waals surface area contributed by atoms with E-state index < -0.39 is 0 Å². The van der Waals surface area contributed by atoms with Crippen molar-refractivity contribution >= 4 is 92.1 Å². The van der Waals surface area contributed by atoms with Crippen molar-refractivity contribution in [3.05, 3.63) is 212 Å². The zero-order valence-electron chi connectivity index (χ0n) is 32.0. The van der Waals surface area contributed by atoms with Gasteiger partial charge >= 0.3 is 0 Å². The van der Waals surface area contributed by atoms with Gasteiger partial charge in [-0.2, -0.15) is 0 Å². The lowest BCUT2D eigenvalue weighted by atomic mass is 9.96. The van der Waals surface area contributed by atoms with Gasteiger partial charge in [0.1, 0.15) is 11.2 Å². The fourth-order valence-electron chi connectivity index (χ4n) is 9.00. The number of hydrogen-bond donors (Lipinski definition) is 0. The normalized spacial score (nSPS) is 11.7. The van der Waals surface area contributed by atoms with E-state index in [1.54, 1.807) is 0 Å². The summed E-state index contributed by atoms with van der Waals surface area (Å²) in [6.45, 7) is 0. The van der Waals surface area contributed by atoms with E-state index in [0.717, 1.165) is 61.3 Å². The van der Waals surface area contributed by atoms with E-state index in [0.29, 0.717) is 0 Å². The Balaban J connectivity index is 1.10. The third kappa shape index (κ3) is 5.55. The Morgan fingerprint density at radius 2 is 1.00 bits per heavy atom. The van der Waals surface area contributed by atoms with Crippen LogP contribution in [0.5, 0.6) is 0 Å². The average Bonchev–Trinajstić information content (AvgIpc) is 3.89. The predicted octanol–water partition coefficient (Wildman–Crippen LogP) is 16.7. The second kappa shape index (κ2) is 13.6. The average molecular weight is 770 g/mol. The fraction of sp³-hybridized carbons (Fsp3) is 0. The van der Waals surface area contributed by atoms with Gasteiger partial charge in [-0.15, -0.1) is 11.3 Å². The number of anilines is 3. The third-order valence-corrected chi connectivity index (χ3v) is 13.1. The van der Waals surface area contributed by atoms with Crippen LogP contribution in [0.1, 0.15) is 0 Å². The van der Waals surface area contributed by atoms with Crippen LogP contribution in [0.25, 0.3) is 97.0 Å². The predicted molar refractivity (Wildman–Crippen MR) is 253 cm³/mol. The molecule has 0 aliphatic heterocycles. The van der Waals surface area contributed by atoms with Crippen LogP contribution in [0.2, 0.25) is 0 Å². The zero-order valence-corrected chi connectivity index (χ0v) is 32.8. The third-order valence-electron chi connectivity index (χ3n) is 11.9. The highest BCUT2D eigenvalue weighted by Gasteiger charge is 2.24. The summed E-state index contributed by atoms with van der Waals surface area (Å²) < 4.78 is 9.54. The second-order valence-corrected chi connectivity index (χ2v) is 16.3. The molecule has 0 aliphatic rings. The Morgan fingerprint density at radius 1 is 0.373 bits per heavy atom. The highest BCUT2D eigenvalue weighted by molar-refractivity contribution is 7.26. The lowest BCUT2D eigenvalue weighted by Gasteiger charge is -2.27. The van der Waals surface area contributed by atoms with E-state index in [9.17, 15) is 0 Å². The maximum Gasteiger partial charge on any atom is 0.145 e. The zero-order chi connectivity index (χ0) is 38.9. The van der Waals surface area contributed by atoms with Crippen molar-refractivity contribution in [2.24, 2.45) is 0 Å². The van der Waals surface area contributed by atoms with Crippen LogP contribution in [0.4, 0.5) is 17.1 Å². The van der Waals surface area contributed by atoms with Gasteiger partial charge < -0.3 is 9.32 Å². The molecule has 3 heteroatoms. The van der Waals surface area contributed by atoms with E-state index >= 15 is 0 Å². The molecule has 0 unspecified atom stereocenters. The molecule has 0 saturated carbocycles. The Labute approximate surface area is 345 Å². The molecule has 12 aromatic rings. The summed E-state index contributed by atoms with van der Waals surface area (Å²) >= 11 is 1.85. The summed E-state index contributed by atoms with van der Waals surface area (Å²) in [6, 6.07) is 76.8. The Kier molecular flexibility index (Phi) is 7.75. The van der Waals surface area contributed by atoms with E-state index in [-0.39, 0.29) is 0 Å². The molecule has 0 saturated heterocycles. The number of hydrogen-bond acceptors (Lipinski definition) is 3.